The zero-order chi connectivity index (χ0) is 16.3. The number of amides is 2. The zero-order valence-electron chi connectivity index (χ0n) is 13.3. The Morgan fingerprint density at radius 1 is 1.14 bits per heavy atom. The second kappa shape index (κ2) is 6.16. The van der Waals surface area contributed by atoms with Gasteiger partial charge in [-0.05, 0) is 17.9 Å². The average molecular weight is 292 g/mol. The summed E-state index contributed by atoms with van der Waals surface area (Å²) < 4.78 is 0. The fourth-order valence-corrected chi connectivity index (χ4v) is 1.80. The van der Waals surface area contributed by atoms with Crippen molar-refractivity contribution in [1.29, 1.82) is 0 Å². The monoisotopic (exact) mass is 292 g/mol. The molecule has 5 heteroatoms. The number of hydrogen-bond acceptors (Lipinski definition) is 2. The SMILES string of the molecule is CN(Cc1ccccc1)C(=O)N[C@](C)(C(=O)O)C(C)(C)C. The predicted octanol–water partition coefficient (Wildman–Crippen LogP) is 2.72. The Kier molecular flexibility index (Phi) is 4.99. The third-order valence-electron chi connectivity index (χ3n) is 3.89. The Bertz CT molecular complexity index is 508. The van der Waals surface area contributed by atoms with Gasteiger partial charge >= 0.3 is 12.0 Å². The minimum absolute atomic E-state index is 0.404. The Morgan fingerprint density at radius 3 is 2.10 bits per heavy atom. The van der Waals surface area contributed by atoms with E-state index in [4.69, 9.17) is 0 Å². The molecule has 116 valence electrons. The van der Waals surface area contributed by atoms with Crippen LogP contribution in [0.4, 0.5) is 4.79 Å². The molecule has 0 saturated carbocycles. The Morgan fingerprint density at radius 2 is 1.67 bits per heavy atom. The standard InChI is InChI=1S/C16H24N2O3/c1-15(2,3)16(4,13(19)20)17-14(21)18(5)11-12-9-7-6-8-10-12/h6-10H,11H2,1-5H3,(H,17,21)(H,19,20)/t16-/m1/s1. The first-order valence-corrected chi connectivity index (χ1v) is 6.88. The normalized spacial score (nSPS) is 14.1. The second-order valence-electron chi connectivity index (χ2n) is 6.45. The number of carbonyl (C=O) groups excluding carboxylic acids is 1. The minimum Gasteiger partial charge on any atom is -0.479 e. The molecular weight excluding hydrogens is 268 g/mol. The van der Waals surface area contributed by atoms with Gasteiger partial charge < -0.3 is 15.3 Å². The van der Waals surface area contributed by atoms with Crippen molar-refractivity contribution < 1.29 is 14.7 Å². The lowest BCUT2D eigenvalue weighted by Gasteiger charge is -2.39. The lowest BCUT2D eigenvalue weighted by atomic mass is 9.75. The van der Waals surface area contributed by atoms with Crippen molar-refractivity contribution in [2.24, 2.45) is 5.41 Å². The molecule has 0 unspecified atom stereocenters. The van der Waals surface area contributed by atoms with E-state index in [9.17, 15) is 14.7 Å². The number of nitrogens with zero attached hydrogens (tertiary/aromatic N) is 1. The highest BCUT2D eigenvalue weighted by Gasteiger charge is 2.46. The Balaban J connectivity index is 2.81. The van der Waals surface area contributed by atoms with Crippen molar-refractivity contribution in [2.45, 2.75) is 39.8 Å². The molecule has 0 aliphatic carbocycles. The predicted molar refractivity (Wildman–Crippen MR) is 81.9 cm³/mol. The lowest BCUT2D eigenvalue weighted by Crippen LogP contribution is -2.62. The fraction of sp³-hybridized carbons (Fsp3) is 0.500. The zero-order valence-corrected chi connectivity index (χ0v) is 13.3. The van der Waals surface area contributed by atoms with Crippen LogP contribution in [0.1, 0.15) is 33.3 Å². The molecule has 0 fully saturated rings. The number of carbonyl (C=O) groups is 2. The quantitative estimate of drug-likeness (QED) is 0.896. The van der Waals surface area contributed by atoms with Gasteiger partial charge in [0.05, 0.1) is 0 Å². The number of aliphatic carboxylic acids is 1. The molecule has 5 nitrogen and oxygen atoms in total. The van der Waals surface area contributed by atoms with Gasteiger partial charge in [-0.15, -0.1) is 0 Å². The van der Waals surface area contributed by atoms with Gasteiger partial charge in [0.2, 0.25) is 0 Å². The molecule has 21 heavy (non-hydrogen) atoms. The molecule has 1 aromatic rings. The van der Waals surface area contributed by atoms with Crippen LogP contribution >= 0.6 is 0 Å². The maximum atomic E-state index is 12.3. The molecule has 0 aliphatic heterocycles. The van der Waals surface area contributed by atoms with Crippen LogP contribution in [0.25, 0.3) is 0 Å². The largest absolute Gasteiger partial charge is 0.479 e. The second-order valence-corrected chi connectivity index (χ2v) is 6.45. The minimum atomic E-state index is -1.34. The first-order valence-electron chi connectivity index (χ1n) is 6.88. The van der Waals surface area contributed by atoms with E-state index < -0.39 is 23.0 Å². The smallest absolute Gasteiger partial charge is 0.329 e. The average Bonchev–Trinajstić information content (AvgIpc) is 2.38. The van der Waals surface area contributed by atoms with Crippen molar-refractivity contribution in [3.63, 3.8) is 0 Å². The van der Waals surface area contributed by atoms with Crippen molar-refractivity contribution in [3.8, 4) is 0 Å². The van der Waals surface area contributed by atoms with Gasteiger partial charge in [0, 0.05) is 13.6 Å². The molecule has 0 saturated heterocycles. The maximum Gasteiger partial charge on any atom is 0.329 e. The Labute approximate surface area is 126 Å². The Hall–Kier alpha value is -2.04. The number of nitrogens with one attached hydrogen (secondary N) is 1. The highest BCUT2D eigenvalue weighted by Crippen LogP contribution is 2.30. The van der Waals surface area contributed by atoms with Crippen molar-refractivity contribution in [1.82, 2.24) is 10.2 Å². The van der Waals surface area contributed by atoms with Gasteiger partial charge in [-0.25, -0.2) is 9.59 Å². The number of benzene rings is 1. The topological polar surface area (TPSA) is 69.6 Å². The van der Waals surface area contributed by atoms with E-state index >= 15 is 0 Å². The van der Waals surface area contributed by atoms with E-state index in [2.05, 4.69) is 5.32 Å². The van der Waals surface area contributed by atoms with Crippen LogP contribution in [-0.4, -0.2) is 34.6 Å². The molecule has 0 radical (unpaired) electrons. The summed E-state index contributed by atoms with van der Waals surface area (Å²) in [7, 11) is 1.65. The van der Waals surface area contributed by atoms with Crippen LogP contribution in [0.3, 0.4) is 0 Å². The lowest BCUT2D eigenvalue weighted by molar-refractivity contribution is -0.148. The number of carboxylic acids is 1. The third kappa shape index (κ3) is 3.97. The molecule has 2 N–H and O–H groups in total. The molecule has 1 atom stereocenters. The van der Waals surface area contributed by atoms with Crippen LogP contribution in [-0.2, 0) is 11.3 Å². The van der Waals surface area contributed by atoms with Crippen molar-refractivity contribution in [3.05, 3.63) is 35.9 Å². The molecule has 0 aromatic heterocycles. The summed E-state index contributed by atoms with van der Waals surface area (Å²) in [6, 6.07) is 9.15. The summed E-state index contributed by atoms with van der Waals surface area (Å²) in [5, 5.41) is 12.1. The highest BCUT2D eigenvalue weighted by atomic mass is 16.4. The molecule has 1 rings (SSSR count). The van der Waals surface area contributed by atoms with E-state index in [-0.39, 0.29) is 0 Å². The molecule has 0 heterocycles. The van der Waals surface area contributed by atoms with E-state index in [0.29, 0.717) is 6.54 Å². The maximum absolute atomic E-state index is 12.3. The van der Waals surface area contributed by atoms with Gasteiger partial charge in [-0.1, -0.05) is 51.1 Å². The molecule has 0 bridgehead atoms. The summed E-state index contributed by atoms with van der Waals surface area (Å²) in [5.74, 6) is -1.04. The van der Waals surface area contributed by atoms with Gasteiger partial charge in [0.25, 0.3) is 0 Å². The van der Waals surface area contributed by atoms with Gasteiger partial charge in [0.1, 0.15) is 5.54 Å². The van der Waals surface area contributed by atoms with Crippen LogP contribution in [0, 0.1) is 5.41 Å². The third-order valence-corrected chi connectivity index (χ3v) is 3.89. The van der Waals surface area contributed by atoms with E-state index in [1.807, 2.05) is 30.3 Å². The van der Waals surface area contributed by atoms with E-state index in [1.54, 1.807) is 27.8 Å². The summed E-state index contributed by atoms with van der Waals surface area (Å²) in [5.41, 5.74) is -0.958. The van der Waals surface area contributed by atoms with Crippen molar-refractivity contribution in [2.75, 3.05) is 7.05 Å². The molecule has 1 aromatic carbocycles. The highest BCUT2D eigenvalue weighted by molar-refractivity contribution is 5.86. The van der Waals surface area contributed by atoms with Crippen LogP contribution in [0.2, 0.25) is 0 Å². The first-order chi connectivity index (χ1) is 9.58. The number of carboxylic acid groups (broad SMARTS) is 1. The van der Waals surface area contributed by atoms with Gasteiger partial charge in [-0.2, -0.15) is 0 Å². The van der Waals surface area contributed by atoms with E-state index in [0.717, 1.165) is 5.56 Å². The molecular formula is C16H24N2O3. The van der Waals surface area contributed by atoms with Crippen LogP contribution in [0.5, 0.6) is 0 Å². The summed E-state index contributed by atoms with van der Waals surface area (Å²) in [6.45, 7) is 7.33. The molecule has 2 amide bonds. The van der Waals surface area contributed by atoms with Crippen LogP contribution < -0.4 is 5.32 Å². The number of hydrogen-bond donors (Lipinski definition) is 2. The molecule has 0 spiro atoms. The molecule has 0 aliphatic rings. The summed E-state index contributed by atoms with van der Waals surface area (Å²) in [6.07, 6.45) is 0. The van der Waals surface area contributed by atoms with E-state index in [1.165, 1.54) is 11.8 Å². The fourth-order valence-electron chi connectivity index (χ4n) is 1.80. The first kappa shape index (κ1) is 17.0. The van der Waals surface area contributed by atoms with Gasteiger partial charge in [-0.3, -0.25) is 0 Å². The van der Waals surface area contributed by atoms with Gasteiger partial charge in [0.15, 0.2) is 0 Å². The van der Waals surface area contributed by atoms with Crippen molar-refractivity contribution >= 4 is 12.0 Å². The number of rotatable bonds is 4. The summed E-state index contributed by atoms with van der Waals surface area (Å²) >= 11 is 0. The number of urea groups is 1. The van der Waals surface area contributed by atoms with Crippen LogP contribution in [0.15, 0.2) is 30.3 Å². The summed E-state index contributed by atoms with van der Waals surface area (Å²) in [4.78, 5) is 25.3.